The maximum Gasteiger partial charge on any atom is 0.343 e. The smallest absolute Gasteiger partial charge is 0.343 e. The molecule has 0 bridgehead atoms. The minimum Gasteiger partial charge on any atom is -0.423 e. The van der Waals surface area contributed by atoms with E-state index in [0.29, 0.717) is 32.1 Å². The zero-order valence-corrected chi connectivity index (χ0v) is 18.1. The van der Waals surface area contributed by atoms with Crippen LogP contribution in [0.4, 0.5) is 0 Å². The van der Waals surface area contributed by atoms with E-state index in [2.05, 4.69) is 4.98 Å². The third kappa shape index (κ3) is 5.28. The van der Waals surface area contributed by atoms with Crippen LogP contribution in [0.3, 0.4) is 0 Å². The highest BCUT2D eigenvalue weighted by Gasteiger charge is 2.26. The zero-order valence-electron chi connectivity index (χ0n) is 17.3. The second-order valence-electron chi connectivity index (χ2n) is 7.11. The van der Waals surface area contributed by atoms with E-state index in [0.717, 1.165) is 11.1 Å². The van der Waals surface area contributed by atoms with Crippen molar-refractivity contribution < 1.29 is 22.7 Å². The monoisotopic (exact) mass is 450 g/mol. The summed E-state index contributed by atoms with van der Waals surface area (Å²) in [5.41, 5.74) is 2.27. The molecule has 32 heavy (non-hydrogen) atoms. The van der Waals surface area contributed by atoms with Gasteiger partial charge in [-0.1, -0.05) is 24.3 Å². The molecular formula is C24H22N2O5S. The molecule has 1 fully saturated rings. The number of ether oxygens (including phenoxy) is 2. The maximum absolute atomic E-state index is 12.7. The number of benzene rings is 2. The van der Waals surface area contributed by atoms with Crippen LogP contribution in [0.1, 0.15) is 21.5 Å². The van der Waals surface area contributed by atoms with Gasteiger partial charge in [0, 0.05) is 25.5 Å². The lowest BCUT2D eigenvalue weighted by molar-refractivity contribution is 0.0730. The Morgan fingerprint density at radius 2 is 1.47 bits per heavy atom. The molecule has 7 nitrogen and oxygen atoms in total. The number of sulfonamides is 1. The van der Waals surface area contributed by atoms with E-state index >= 15 is 0 Å². The van der Waals surface area contributed by atoms with Crippen molar-refractivity contribution in [1.82, 2.24) is 9.29 Å². The molecule has 1 saturated heterocycles. The second kappa shape index (κ2) is 9.86. The Hall–Kier alpha value is -3.33. The number of rotatable bonds is 6. The summed E-state index contributed by atoms with van der Waals surface area (Å²) < 4.78 is 37.4. The number of carbonyl (C=O) groups excluding carboxylic acids is 1. The van der Waals surface area contributed by atoms with Crippen LogP contribution >= 0.6 is 0 Å². The van der Waals surface area contributed by atoms with Gasteiger partial charge in [-0.3, -0.25) is 4.98 Å². The highest BCUT2D eigenvalue weighted by molar-refractivity contribution is 7.89. The molecule has 1 aromatic heterocycles. The molecule has 2 heterocycles. The molecule has 0 aliphatic carbocycles. The predicted octanol–water partition coefficient (Wildman–Crippen LogP) is 3.49. The van der Waals surface area contributed by atoms with E-state index in [4.69, 9.17) is 9.47 Å². The van der Waals surface area contributed by atoms with Crippen LogP contribution in [-0.2, 0) is 14.8 Å². The molecule has 0 N–H and O–H groups in total. The Kier molecular flexibility index (Phi) is 6.75. The van der Waals surface area contributed by atoms with E-state index in [-0.39, 0.29) is 10.5 Å². The number of pyridine rings is 1. The van der Waals surface area contributed by atoms with E-state index in [1.165, 1.54) is 28.6 Å². The third-order valence-corrected chi connectivity index (χ3v) is 6.88. The van der Waals surface area contributed by atoms with E-state index in [1.807, 2.05) is 36.4 Å². The van der Waals surface area contributed by atoms with Gasteiger partial charge in [-0.05, 0) is 59.7 Å². The van der Waals surface area contributed by atoms with Crippen molar-refractivity contribution in [1.29, 1.82) is 0 Å². The molecule has 1 aliphatic heterocycles. The first-order valence-electron chi connectivity index (χ1n) is 10.1. The molecule has 8 heteroatoms. The van der Waals surface area contributed by atoms with Crippen LogP contribution < -0.4 is 4.74 Å². The molecule has 0 radical (unpaired) electrons. The van der Waals surface area contributed by atoms with Crippen molar-refractivity contribution in [2.24, 2.45) is 0 Å². The minimum atomic E-state index is -3.60. The molecule has 0 saturated carbocycles. The summed E-state index contributed by atoms with van der Waals surface area (Å²) in [7, 11) is -3.60. The van der Waals surface area contributed by atoms with Crippen LogP contribution in [0.15, 0.2) is 78.0 Å². The second-order valence-corrected chi connectivity index (χ2v) is 9.05. The Morgan fingerprint density at radius 3 is 2.09 bits per heavy atom. The van der Waals surface area contributed by atoms with Crippen LogP contribution in [0.2, 0.25) is 0 Å². The number of hydrogen-bond donors (Lipinski definition) is 0. The first-order valence-corrected chi connectivity index (χ1v) is 11.5. The standard InChI is InChI=1S/C24H22N2O5S/c27-24(21-5-9-23(10-6-21)32(28,29)26-15-17-30-18-16-26)31-22-7-3-19(4-8-22)1-2-20-11-13-25-14-12-20/h1-14H,15-18H2/b2-1+. The molecule has 0 unspecified atom stereocenters. The van der Waals surface area contributed by atoms with Crippen molar-refractivity contribution in [3.63, 3.8) is 0 Å². The summed E-state index contributed by atoms with van der Waals surface area (Å²) in [4.78, 5) is 16.6. The number of hydrogen-bond acceptors (Lipinski definition) is 6. The number of carbonyl (C=O) groups is 1. The SMILES string of the molecule is O=C(Oc1ccc(/C=C/c2ccncc2)cc1)c1ccc(S(=O)(=O)N2CCOCC2)cc1. The van der Waals surface area contributed by atoms with Crippen LogP contribution in [0.25, 0.3) is 12.2 Å². The van der Waals surface area contributed by atoms with Crippen molar-refractivity contribution in [3.05, 3.63) is 89.7 Å². The highest BCUT2D eigenvalue weighted by Crippen LogP contribution is 2.20. The molecule has 0 spiro atoms. The van der Waals surface area contributed by atoms with Crippen molar-refractivity contribution in [3.8, 4) is 5.75 Å². The fraction of sp³-hybridized carbons (Fsp3) is 0.167. The summed E-state index contributed by atoms with van der Waals surface area (Å²) in [5, 5.41) is 0. The fourth-order valence-corrected chi connectivity index (χ4v) is 4.59. The largest absolute Gasteiger partial charge is 0.423 e. The van der Waals surface area contributed by atoms with Gasteiger partial charge in [0.15, 0.2) is 0 Å². The van der Waals surface area contributed by atoms with Crippen LogP contribution in [0, 0.1) is 0 Å². The van der Waals surface area contributed by atoms with Gasteiger partial charge in [0.2, 0.25) is 10.0 Å². The number of nitrogens with zero attached hydrogens (tertiary/aromatic N) is 2. The first-order chi connectivity index (χ1) is 15.5. The molecular weight excluding hydrogens is 428 g/mol. The Balaban J connectivity index is 1.39. The maximum atomic E-state index is 12.7. The first kappa shape index (κ1) is 21.9. The highest BCUT2D eigenvalue weighted by atomic mass is 32.2. The topological polar surface area (TPSA) is 85.8 Å². The summed E-state index contributed by atoms with van der Waals surface area (Å²) in [6, 6.07) is 16.7. The van der Waals surface area contributed by atoms with Crippen LogP contribution in [-0.4, -0.2) is 50.0 Å². The number of aromatic nitrogens is 1. The Morgan fingerprint density at radius 1 is 0.875 bits per heavy atom. The van der Waals surface area contributed by atoms with Gasteiger partial charge in [0.25, 0.3) is 0 Å². The van der Waals surface area contributed by atoms with Gasteiger partial charge >= 0.3 is 5.97 Å². The van der Waals surface area contributed by atoms with Gasteiger partial charge < -0.3 is 9.47 Å². The summed E-state index contributed by atoms with van der Waals surface area (Å²) in [6.07, 6.45) is 7.38. The Bertz CT molecular complexity index is 1190. The molecule has 1 aliphatic rings. The van der Waals surface area contributed by atoms with Gasteiger partial charge in [-0.2, -0.15) is 4.31 Å². The Labute approximate surface area is 187 Å². The quantitative estimate of drug-likeness (QED) is 0.422. The van der Waals surface area contributed by atoms with E-state index < -0.39 is 16.0 Å². The average Bonchev–Trinajstić information content (AvgIpc) is 2.85. The van der Waals surface area contributed by atoms with Gasteiger partial charge in [-0.15, -0.1) is 0 Å². The molecule has 164 valence electrons. The minimum absolute atomic E-state index is 0.140. The summed E-state index contributed by atoms with van der Waals surface area (Å²) in [6.45, 7) is 1.39. The summed E-state index contributed by atoms with van der Waals surface area (Å²) >= 11 is 0. The van der Waals surface area contributed by atoms with Crippen LogP contribution in [0.5, 0.6) is 5.75 Å². The zero-order chi connectivity index (χ0) is 22.4. The molecule has 0 amide bonds. The number of esters is 1. The number of morpholine rings is 1. The molecule has 2 aromatic carbocycles. The van der Waals surface area contributed by atoms with Crippen molar-refractivity contribution in [2.45, 2.75) is 4.90 Å². The lowest BCUT2D eigenvalue weighted by Crippen LogP contribution is -2.40. The normalized spacial score (nSPS) is 15.0. The van der Waals surface area contributed by atoms with Gasteiger partial charge in [0.1, 0.15) is 5.75 Å². The third-order valence-electron chi connectivity index (χ3n) is 4.96. The lowest BCUT2D eigenvalue weighted by Gasteiger charge is -2.26. The molecule has 3 aromatic rings. The van der Waals surface area contributed by atoms with E-state index in [1.54, 1.807) is 24.5 Å². The van der Waals surface area contributed by atoms with Crippen molar-refractivity contribution >= 4 is 28.1 Å². The predicted molar refractivity (Wildman–Crippen MR) is 121 cm³/mol. The van der Waals surface area contributed by atoms with Crippen molar-refractivity contribution in [2.75, 3.05) is 26.3 Å². The fourth-order valence-electron chi connectivity index (χ4n) is 3.18. The molecule has 0 atom stereocenters. The van der Waals surface area contributed by atoms with E-state index in [9.17, 15) is 13.2 Å². The molecule has 4 rings (SSSR count). The average molecular weight is 451 g/mol. The summed E-state index contributed by atoms with van der Waals surface area (Å²) in [5.74, 6) is -0.151. The van der Waals surface area contributed by atoms with Gasteiger partial charge in [-0.25, -0.2) is 13.2 Å². The van der Waals surface area contributed by atoms with Gasteiger partial charge in [0.05, 0.1) is 23.7 Å². The lowest BCUT2D eigenvalue weighted by atomic mass is 10.1.